The first-order chi connectivity index (χ1) is 11.8. The van der Waals surface area contributed by atoms with Crippen LogP contribution in [0.25, 0.3) is 0 Å². The topological polar surface area (TPSA) is 47.6 Å². The summed E-state index contributed by atoms with van der Waals surface area (Å²) in [7, 11) is 1.78. The molecule has 1 rings (SSSR count). The third-order valence-electron chi connectivity index (χ3n) is 4.38. The van der Waals surface area contributed by atoms with Gasteiger partial charge in [0, 0.05) is 13.2 Å². The maximum absolute atomic E-state index is 12.1. The normalized spacial score (nSPS) is 27.5. The number of alkyl carbamates (subject to hydrolysis) is 1. The van der Waals surface area contributed by atoms with Gasteiger partial charge in [0.05, 0.1) is 6.10 Å². The lowest BCUT2D eigenvalue weighted by molar-refractivity contribution is 0.0498. The van der Waals surface area contributed by atoms with Gasteiger partial charge in [0.25, 0.3) is 0 Å². The van der Waals surface area contributed by atoms with Crippen molar-refractivity contribution in [2.45, 2.75) is 96.8 Å². The fraction of sp³-hybridized carbons (Fsp3) is 0.762. The Labute approximate surface area is 154 Å². The fourth-order valence-corrected chi connectivity index (χ4v) is 2.95. The molecule has 1 N–H and O–H groups in total. The molecule has 0 bridgehead atoms. The van der Waals surface area contributed by atoms with Gasteiger partial charge in [-0.3, -0.25) is 0 Å². The Balaban J connectivity index is 2.61. The summed E-state index contributed by atoms with van der Waals surface area (Å²) in [6, 6.07) is 0.178. The summed E-state index contributed by atoms with van der Waals surface area (Å²) in [5, 5.41) is 3.07. The molecule has 0 aromatic heterocycles. The summed E-state index contributed by atoms with van der Waals surface area (Å²) < 4.78 is 10.9. The number of allylic oxidation sites excluding steroid dienone is 3. The van der Waals surface area contributed by atoms with E-state index < -0.39 is 5.60 Å². The van der Waals surface area contributed by atoms with E-state index in [1.54, 1.807) is 7.11 Å². The standard InChI is InChI=1S/C21H37NO3/c1-17-11-10-14-19(24-5)13-9-7-6-8-12-18(16-15-17)22-20(23)25-21(2,3)4/h9,11,13,18-19H,6-8,10,12,14-16H2,1-5H3,(H,22,23)/b13-9+,17-11-. The third-order valence-corrected chi connectivity index (χ3v) is 4.38. The molecule has 4 nitrogen and oxygen atoms in total. The molecule has 0 aromatic carbocycles. The van der Waals surface area contributed by atoms with Gasteiger partial charge in [0.15, 0.2) is 0 Å². The van der Waals surface area contributed by atoms with Gasteiger partial charge >= 0.3 is 6.09 Å². The second-order valence-corrected chi connectivity index (χ2v) is 8.00. The van der Waals surface area contributed by atoms with Crippen LogP contribution in [0.3, 0.4) is 0 Å². The van der Waals surface area contributed by atoms with E-state index in [9.17, 15) is 4.79 Å². The predicted molar refractivity (Wildman–Crippen MR) is 104 cm³/mol. The van der Waals surface area contributed by atoms with Crippen molar-refractivity contribution >= 4 is 6.09 Å². The third kappa shape index (κ3) is 11.0. The maximum atomic E-state index is 12.1. The molecule has 0 saturated carbocycles. The largest absolute Gasteiger partial charge is 0.444 e. The van der Waals surface area contributed by atoms with Gasteiger partial charge in [-0.1, -0.05) is 30.2 Å². The van der Waals surface area contributed by atoms with Crippen molar-refractivity contribution in [3.8, 4) is 0 Å². The molecular weight excluding hydrogens is 314 g/mol. The summed E-state index contributed by atoms with van der Waals surface area (Å²) in [5.41, 5.74) is 0.927. The number of methoxy groups -OCH3 is 1. The van der Waals surface area contributed by atoms with Crippen LogP contribution in [-0.2, 0) is 9.47 Å². The molecule has 1 aliphatic carbocycles. The molecule has 0 aromatic rings. The predicted octanol–water partition coefficient (Wildman–Crippen LogP) is 5.53. The van der Waals surface area contributed by atoms with E-state index in [1.807, 2.05) is 20.8 Å². The summed E-state index contributed by atoms with van der Waals surface area (Å²) in [6.45, 7) is 7.86. The van der Waals surface area contributed by atoms with Crippen molar-refractivity contribution in [2.75, 3.05) is 7.11 Å². The van der Waals surface area contributed by atoms with Crippen LogP contribution in [0.4, 0.5) is 4.79 Å². The van der Waals surface area contributed by atoms with Crippen molar-refractivity contribution in [1.82, 2.24) is 5.32 Å². The maximum Gasteiger partial charge on any atom is 0.407 e. The number of hydrogen-bond donors (Lipinski definition) is 1. The van der Waals surface area contributed by atoms with Crippen LogP contribution < -0.4 is 5.32 Å². The molecule has 0 saturated heterocycles. The molecule has 0 spiro atoms. The molecule has 25 heavy (non-hydrogen) atoms. The van der Waals surface area contributed by atoms with Crippen molar-refractivity contribution in [1.29, 1.82) is 0 Å². The number of amides is 1. The number of ether oxygens (including phenoxy) is 2. The Morgan fingerprint density at radius 1 is 1.16 bits per heavy atom. The van der Waals surface area contributed by atoms with Crippen LogP contribution in [-0.4, -0.2) is 30.9 Å². The van der Waals surface area contributed by atoms with Gasteiger partial charge < -0.3 is 14.8 Å². The number of nitrogens with one attached hydrogen (secondary N) is 1. The first-order valence-corrected chi connectivity index (χ1v) is 9.65. The average Bonchev–Trinajstić information content (AvgIpc) is 2.51. The molecule has 0 aliphatic heterocycles. The first kappa shape index (κ1) is 21.8. The Hall–Kier alpha value is -1.29. The van der Waals surface area contributed by atoms with E-state index in [2.05, 4.69) is 30.5 Å². The Bertz CT molecular complexity index is 449. The second kappa shape index (κ2) is 11.3. The minimum atomic E-state index is -0.454. The van der Waals surface area contributed by atoms with Crippen molar-refractivity contribution in [3.05, 3.63) is 23.8 Å². The van der Waals surface area contributed by atoms with Crippen LogP contribution in [0.15, 0.2) is 23.8 Å². The van der Waals surface area contributed by atoms with E-state index in [0.29, 0.717) is 0 Å². The van der Waals surface area contributed by atoms with Gasteiger partial charge in [0.2, 0.25) is 0 Å². The van der Waals surface area contributed by atoms with Crippen molar-refractivity contribution in [2.24, 2.45) is 0 Å². The molecule has 4 heteroatoms. The number of hydrogen-bond acceptors (Lipinski definition) is 3. The van der Waals surface area contributed by atoms with E-state index in [0.717, 1.165) is 51.4 Å². The highest BCUT2D eigenvalue weighted by Crippen LogP contribution is 2.17. The number of rotatable bonds is 2. The Morgan fingerprint density at radius 2 is 1.92 bits per heavy atom. The van der Waals surface area contributed by atoms with E-state index >= 15 is 0 Å². The van der Waals surface area contributed by atoms with E-state index in [-0.39, 0.29) is 18.2 Å². The summed E-state index contributed by atoms with van der Waals surface area (Å²) in [5.74, 6) is 0. The van der Waals surface area contributed by atoms with Crippen LogP contribution >= 0.6 is 0 Å². The second-order valence-electron chi connectivity index (χ2n) is 8.00. The summed E-state index contributed by atoms with van der Waals surface area (Å²) in [6.07, 6.45) is 14.9. The minimum absolute atomic E-state index is 0.178. The highest BCUT2D eigenvalue weighted by Gasteiger charge is 2.19. The summed E-state index contributed by atoms with van der Waals surface area (Å²) >= 11 is 0. The highest BCUT2D eigenvalue weighted by atomic mass is 16.6. The van der Waals surface area contributed by atoms with Gasteiger partial charge in [-0.25, -0.2) is 4.79 Å². The quantitative estimate of drug-likeness (QED) is 0.665. The molecule has 1 aliphatic rings. The summed E-state index contributed by atoms with van der Waals surface area (Å²) in [4.78, 5) is 12.1. The monoisotopic (exact) mass is 351 g/mol. The molecule has 1 amide bonds. The first-order valence-electron chi connectivity index (χ1n) is 9.65. The van der Waals surface area contributed by atoms with E-state index in [4.69, 9.17) is 9.47 Å². The number of carbonyl (C=O) groups is 1. The molecule has 2 unspecified atom stereocenters. The van der Waals surface area contributed by atoms with Crippen LogP contribution in [0.1, 0.15) is 79.1 Å². The number of carbonyl (C=O) groups excluding carboxylic acids is 1. The van der Waals surface area contributed by atoms with Gasteiger partial charge in [0.1, 0.15) is 5.60 Å². The molecular formula is C21H37NO3. The van der Waals surface area contributed by atoms with Crippen LogP contribution in [0.2, 0.25) is 0 Å². The van der Waals surface area contributed by atoms with Crippen LogP contribution in [0.5, 0.6) is 0 Å². The van der Waals surface area contributed by atoms with Gasteiger partial charge in [-0.15, -0.1) is 0 Å². The van der Waals surface area contributed by atoms with E-state index in [1.165, 1.54) is 5.57 Å². The lowest BCUT2D eigenvalue weighted by Crippen LogP contribution is -2.39. The minimum Gasteiger partial charge on any atom is -0.444 e. The zero-order chi connectivity index (χ0) is 18.7. The van der Waals surface area contributed by atoms with Crippen molar-refractivity contribution in [3.63, 3.8) is 0 Å². The lowest BCUT2D eigenvalue weighted by atomic mass is 9.99. The van der Waals surface area contributed by atoms with Crippen LogP contribution in [0, 0.1) is 0 Å². The molecule has 144 valence electrons. The Morgan fingerprint density at radius 3 is 2.60 bits per heavy atom. The Kier molecular flexibility index (Phi) is 9.88. The molecule has 2 atom stereocenters. The smallest absolute Gasteiger partial charge is 0.407 e. The molecule has 0 heterocycles. The van der Waals surface area contributed by atoms with Gasteiger partial charge in [-0.05, 0) is 72.6 Å². The fourth-order valence-electron chi connectivity index (χ4n) is 2.95. The molecule has 0 radical (unpaired) electrons. The van der Waals surface area contributed by atoms with Crippen molar-refractivity contribution < 1.29 is 14.3 Å². The molecule has 0 fully saturated rings. The zero-order valence-corrected chi connectivity index (χ0v) is 16.8. The zero-order valence-electron chi connectivity index (χ0n) is 16.8. The average molecular weight is 352 g/mol. The highest BCUT2D eigenvalue weighted by molar-refractivity contribution is 5.68. The SMILES string of the molecule is COC1/C=C/CCCCC(NC(=O)OC(C)(C)C)CC/C(C)=C\CC1. The van der Waals surface area contributed by atoms with Gasteiger partial charge in [-0.2, -0.15) is 0 Å². The lowest BCUT2D eigenvalue weighted by Gasteiger charge is -2.24.